The Labute approximate surface area is 108 Å². The van der Waals surface area contributed by atoms with Crippen molar-refractivity contribution >= 4 is 11.4 Å². The van der Waals surface area contributed by atoms with E-state index in [2.05, 4.69) is 29.0 Å². The van der Waals surface area contributed by atoms with Crippen molar-refractivity contribution in [1.82, 2.24) is 5.32 Å². The molecule has 0 radical (unpaired) electrons. The fourth-order valence-electron chi connectivity index (χ4n) is 3.03. The van der Waals surface area contributed by atoms with Gasteiger partial charge in [0.1, 0.15) is 5.82 Å². The fourth-order valence-corrected chi connectivity index (χ4v) is 3.03. The van der Waals surface area contributed by atoms with Gasteiger partial charge in [-0.15, -0.1) is 0 Å². The van der Waals surface area contributed by atoms with Crippen molar-refractivity contribution in [2.75, 3.05) is 36.0 Å². The van der Waals surface area contributed by atoms with Crippen LogP contribution in [0.15, 0.2) is 18.2 Å². The number of nitrogens with one attached hydrogen (secondary N) is 1. The highest BCUT2D eigenvalue weighted by molar-refractivity contribution is 5.74. The summed E-state index contributed by atoms with van der Waals surface area (Å²) in [7, 11) is 0. The van der Waals surface area contributed by atoms with E-state index in [0.717, 1.165) is 31.9 Å². The third-order valence-electron chi connectivity index (χ3n) is 3.94. The number of benzene rings is 1. The molecule has 1 aromatic rings. The van der Waals surface area contributed by atoms with Gasteiger partial charge < -0.3 is 15.1 Å². The van der Waals surface area contributed by atoms with Gasteiger partial charge in [0.2, 0.25) is 0 Å². The van der Waals surface area contributed by atoms with E-state index in [-0.39, 0.29) is 5.82 Å². The average Bonchev–Trinajstić information content (AvgIpc) is 2.37. The van der Waals surface area contributed by atoms with E-state index >= 15 is 0 Å². The Hall–Kier alpha value is -1.29. The smallest absolute Gasteiger partial charge is 0.125 e. The summed E-state index contributed by atoms with van der Waals surface area (Å²) < 4.78 is 13.5. The van der Waals surface area contributed by atoms with E-state index in [1.54, 1.807) is 12.1 Å². The van der Waals surface area contributed by atoms with E-state index < -0.39 is 0 Å². The molecule has 2 aliphatic heterocycles. The van der Waals surface area contributed by atoms with Gasteiger partial charge in [0.15, 0.2) is 0 Å². The SMILES string of the molecule is CC(C)N1CC2CNCCN2c2cc(F)ccc21. The Kier molecular flexibility index (Phi) is 2.90. The maximum absolute atomic E-state index is 13.5. The molecule has 1 atom stereocenters. The normalized spacial score (nSPS) is 23.0. The second-order valence-corrected chi connectivity index (χ2v) is 5.43. The van der Waals surface area contributed by atoms with Crippen LogP contribution in [0.3, 0.4) is 0 Å². The summed E-state index contributed by atoms with van der Waals surface area (Å²) in [4.78, 5) is 4.73. The molecule has 3 rings (SSSR count). The topological polar surface area (TPSA) is 18.5 Å². The number of piperazine rings is 1. The van der Waals surface area contributed by atoms with Gasteiger partial charge in [-0.3, -0.25) is 0 Å². The van der Waals surface area contributed by atoms with Crippen LogP contribution in [0.4, 0.5) is 15.8 Å². The maximum Gasteiger partial charge on any atom is 0.125 e. The van der Waals surface area contributed by atoms with E-state index in [1.807, 2.05) is 6.07 Å². The first-order valence-electron chi connectivity index (χ1n) is 6.70. The molecule has 18 heavy (non-hydrogen) atoms. The molecule has 0 saturated carbocycles. The first kappa shape index (κ1) is 11.8. The van der Waals surface area contributed by atoms with Gasteiger partial charge in [-0.05, 0) is 32.0 Å². The lowest BCUT2D eigenvalue weighted by Gasteiger charge is -2.48. The molecule has 1 fully saturated rings. The number of fused-ring (bicyclic) bond motifs is 3. The molecular formula is C14H20FN3. The zero-order chi connectivity index (χ0) is 12.7. The van der Waals surface area contributed by atoms with E-state index in [4.69, 9.17) is 0 Å². The van der Waals surface area contributed by atoms with Crippen LogP contribution in [0.1, 0.15) is 13.8 Å². The predicted molar refractivity (Wildman–Crippen MR) is 72.9 cm³/mol. The van der Waals surface area contributed by atoms with E-state index in [0.29, 0.717) is 12.1 Å². The van der Waals surface area contributed by atoms with E-state index in [9.17, 15) is 4.39 Å². The summed E-state index contributed by atoms with van der Waals surface area (Å²) in [5.74, 6) is -0.142. The van der Waals surface area contributed by atoms with Gasteiger partial charge in [0.25, 0.3) is 0 Å². The molecule has 98 valence electrons. The average molecular weight is 249 g/mol. The Bertz CT molecular complexity index is 447. The minimum atomic E-state index is -0.142. The molecule has 4 heteroatoms. The van der Waals surface area contributed by atoms with Gasteiger partial charge >= 0.3 is 0 Å². The molecule has 1 aromatic carbocycles. The summed E-state index contributed by atoms with van der Waals surface area (Å²) in [6.07, 6.45) is 0. The van der Waals surface area contributed by atoms with Crippen LogP contribution in [0.25, 0.3) is 0 Å². The Balaban J connectivity index is 2.05. The summed E-state index contributed by atoms with van der Waals surface area (Å²) in [6, 6.07) is 6.07. The molecule has 0 bridgehead atoms. The van der Waals surface area contributed by atoms with Crippen molar-refractivity contribution in [1.29, 1.82) is 0 Å². The van der Waals surface area contributed by atoms with Crippen LogP contribution < -0.4 is 15.1 Å². The van der Waals surface area contributed by atoms with Crippen molar-refractivity contribution in [3.8, 4) is 0 Å². The molecule has 2 heterocycles. The van der Waals surface area contributed by atoms with E-state index in [1.165, 1.54) is 5.69 Å². The Morgan fingerprint density at radius 3 is 2.94 bits per heavy atom. The quantitative estimate of drug-likeness (QED) is 0.819. The number of hydrogen-bond donors (Lipinski definition) is 1. The summed E-state index contributed by atoms with van der Waals surface area (Å²) in [5, 5.41) is 3.43. The second kappa shape index (κ2) is 4.43. The van der Waals surface area contributed by atoms with Gasteiger partial charge in [-0.2, -0.15) is 0 Å². The number of rotatable bonds is 1. The zero-order valence-electron chi connectivity index (χ0n) is 11.0. The predicted octanol–water partition coefficient (Wildman–Crippen LogP) is 1.83. The number of halogens is 1. The first-order valence-corrected chi connectivity index (χ1v) is 6.70. The highest BCUT2D eigenvalue weighted by Crippen LogP contribution is 2.37. The van der Waals surface area contributed by atoms with Crippen molar-refractivity contribution < 1.29 is 4.39 Å². The van der Waals surface area contributed by atoms with Crippen LogP contribution in [0.5, 0.6) is 0 Å². The van der Waals surface area contributed by atoms with Crippen LogP contribution in [-0.4, -0.2) is 38.3 Å². The molecule has 0 aliphatic carbocycles. The summed E-state index contributed by atoms with van der Waals surface area (Å²) >= 11 is 0. The van der Waals surface area contributed by atoms with Crippen LogP contribution in [-0.2, 0) is 0 Å². The standard InChI is InChI=1S/C14H20FN3/c1-10(2)18-9-12-8-16-5-6-17(12)14-7-11(15)3-4-13(14)18/h3-4,7,10,12,16H,5-6,8-9H2,1-2H3. The molecule has 2 aliphatic rings. The van der Waals surface area contributed by atoms with Crippen molar-refractivity contribution in [2.24, 2.45) is 0 Å². The lowest BCUT2D eigenvalue weighted by molar-refractivity contribution is 0.447. The van der Waals surface area contributed by atoms with Crippen LogP contribution >= 0.6 is 0 Å². The van der Waals surface area contributed by atoms with Gasteiger partial charge in [-0.25, -0.2) is 4.39 Å². The van der Waals surface area contributed by atoms with Crippen LogP contribution in [0.2, 0.25) is 0 Å². The van der Waals surface area contributed by atoms with Crippen molar-refractivity contribution in [3.63, 3.8) is 0 Å². The molecule has 0 aromatic heterocycles. The molecule has 0 amide bonds. The lowest BCUT2D eigenvalue weighted by Crippen LogP contribution is -2.59. The second-order valence-electron chi connectivity index (χ2n) is 5.43. The fraction of sp³-hybridized carbons (Fsp3) is 0.571. The molecule has 1 N–H and O–H groups in total. The summed E-state index contributed by atoms with van der Waals surface area (Å²) in [6.45, 7) is 8.34. The number of hydrogen-bond acceptors (Lipinski definition) is 3. The number of nitrogens with zero attached hydrogens (tertiary/aromatic N) is 2. The Morgan fingerprint density at radius 2 is 2.17 bits per heavy atom. The molecule has 1 unspecified atom stereocenters. The maximum atomic E-state index is 13.5. The molecule has 1 saturated heterocycles. The third-order valence-corrected chi connectivity index (χ3v) is 3.94. The zero-order valence-corrected chi connectivity index (χ0v) is 11.0. The lowest BCUT2D eigenvalue weighted by atomic mass is 10.0. The van der Waals surface area contributed by atoms with Crippen LogP contribution in [0, 0.1) is 5.82 Å². The minimum absolute atomic E-state index is 0.142. The largest absolute Gasteiger partial charge is 0.365 e. The van der Waals surface area contributed by atoms with Crippen molar-refractivity contribution in [3.05, 3.63) is 24.0 Å². The van der Waals surface area contributed by atoms with Gasteiger partial charge in [-0.1, -0.05) is 0 Å². The highest BCUT2D eigenvalue weighted by Gasteiger charge is 2.33. The minimum Gasteiger partial charge on any atom is -0.365 e. The van der Waals surface area contributed by atoms with Gasteiger partial charge in [0, 0.05) is 32.2 Å². The first-order chi connectivity index (χ1) is 8.66. The molecule has 3 nitrogen and oxygen atoms in total. The summed E-state index contributed by atoms with van der Waals surface area (Å²) in [5.41, 5.74) is 2.23. The highest BCUT2D eigenvalue weighted by atomic mass is 19.1. The van der Waals surface area contributed by atoms with Crippen molar-refractivity contribution in [2.45, 2.75) is 25.9 Å². The third kappa shape index (κ3) is 1.85. The number of anilines is 2. The molecule has 0 spiro atoms. The molecular weight excluding hydrogens is 229 g/mol. The monoisotopic (exact) mass is 249 g/mol. The Morgan fingerprint density at radius 1 is 1.33 bits per heavy atom. The van der Waals surface area contributed by atoms with Gasteiger partial charge in [0.05, 0.1) is 17.4 Å².